The predicted octanol–water partition coefficient (Wildman–Crippen LogP) is 3.87. The average molecular weight is 415 g/mol. The van der Waals surface area contributed by atoms with Gasteiger partial charge in [0.05, 0.1) is 16.8 Å². The summed E-state index contributed by atoms with van der Waals surface area (Å²) in [6.07, 6.45) is 4.41. The molecule has 2 heterocycles. The highest BCUT2D eigenvalue weighted by atomic mass is 16.2. The molecule has 31 heavy (non-hydrogen) atoms. The Kier molecular flexibility index (Phi) is 5.58. The fourth-order valence-corrected chi connectivity index (χ4v) is 3.50. The van der Waals surface area contributed by atoms with Crippen molar-refractivity contribution in [2.45, 2.75) is 19.9 Å². The zero-order chi connectivity index (χ0) is 22.0. The molecule has 4 rings (SSSR count). The number of pyridine rings is 1. The van der Waals surface area contributed by atoms with Gasteiger partial charge in [-0.3, -0.25) is 9.59 Å². The van der Waals surface area contributed by atoms with Gasteiger partial charge in [0, 0.05) is 44.4 Å². The summed E-state index contributed by atoms with van der Waals surface area (Å²) in [6, 6.07) is 16.8. The van der Waals surface area contributed by atoms with Crippen LogP contribution in [-0.4, -0.2) is 34.4 Å². The van der Waals surface area contributed by atoms with Gasteiger partial charge < -0.3 is 14.8 Å². The summed E-state index contributed by atoms with van der Waals surface area (Å²) in [5.74, 6) is -0.300. The second-order valence-electron chi connectivity index (χ2n) is 7.62. The van der Waals surface area contributed by atoms with E-state index >= 15 is 0 Å². The number of nitrogens with zero attached hydrogens (tertiary/aromatic N) is 4. The molecule has 0 bridgehead atoms. The van der Waals surface area contributed by atoms with Crippen molar-refractivity contribution in [1.29, 1.82) is 0 Å². The molecule has 0 saturated heterocycles. The van der Waals surface area contributed by atoms with Gasteiger partial charge in [-0.2, -0.15) is 9.78 Å². The van der Waals surface area contributed by atoms with Crippen LogP contribution in [-0.2, 0) is 6.54 Å². The van der Waals surface area contributed by atoms with Gasteiger partial charge in [-0.15, -0.1) is 0 Å². The van der Waals surface area contributed by atoms with Gasteiger partial charge >= 0.3 is 0 Å². The Labute approximate surface area is 180 Å². The number of para-hydroxylation sites is 1. The van der Waals surface area contributed by atoms with Crippen molar-refractivity contribution in [1.82, 2.24) is 14.3 Å². The van der Waals surface area contributed by atoms with Crippen molar-refractivity contribution in [3.05, 3.63) is 82.9 Å². The molecule has 158 valence electrons. The minimum absolute atomic E-state index is 0.240. The van der Waals surface area contributed by atoms with E-state index in [0.29, 0.717) is 34.7 Å². The van der Waals surface area contributed by atoms with E-state index in [4.69, 9.17) is 0 Å². The number of nitrogens with one attached hydrogen (secondary N) is 1. The molecule has 0 atom stereocenters. The normalized spacial score (nSPS) is 10.9. The Balaban J connectivity index is 1.76. The van der Waals surface area contributed by atoms with E-state index in [1.54, 1.807) is 12.4 Å². The topological polar surface area (TPSA) is 72.2 Å². The van der Waals surface area contributed by atoms with Crippen LogP contribution in [0.5, 0.6) is 0 Å². The highest BCUT2D eigenvalue weighted by Crippen LogP contribution is 2.24. The fraction of sp³-hybridized carbons (Fsp3) is 0.208. The summed E-state index contributed by atoms with van der Waals surface area (Å²) < 4.78 is 3.23. The molecule has 0 aromatic heterocycles. The van der Waals surface area contributed by atoms with Crippen LogP contribution >= 0.6 is 0 Å². The molecule has 0 fully saturated rings. The van der Waals surface area contributed by atoms with Crippen LogP contribution < -0.4 is 15.8 Å². The number of aromatic nitrogens is 3. The minimum atomic E-state index is -0.300. The van der Waals surface area contributed by atoms with Gasteiger partial charge in [-0.05, 0) is 42.8 Å². The molecule has 2 aromatic carbocycles. The predicted molar refractivity (Wildman–Crippen MR) is 123 cm³/mol. The number of carbonyl (C=O) groups is 1. The third kappa shape index (κ3) is 4.07. The number of carbonyl (C=O) groups excluding carboxylic acids is 1. The first kappa shape index (κ1) is 20.4. The largest absolute Gasteiger partial charge is 0.378 e. The second-order valence-corrected chi connectivity index (χ2v) is 7.62. The number of aryl methyl sites for hydroxylation is 1. The lowest BCUT2D eigenvalue weighted by Gasteiger charge is -2.14. The Morgan fingerprint density at radius 1 is 1.03 bits per heavy atom. The zero-order valence-corrected chi connectivity index (χ0v) is 17.9. The lowest BCUT2D eigenvalue weighted by Crippen LogP contribution is -2.17. The van der Waals surface area contributed by atoms with Crippen LogP contribution in [0.15, 0.2) is 71.8 Å². The fourth-order valence-electron chi connectivity index (χ4n) is 3.50. The van der Waals surface area contributed by atoms with Crippen molar-refractivity contribution in [3.8, 4) is 16.9 Å². The van der Waals surface area contributed by atoms with Crippen molar-refractivity contribution >= 4 is 17.3 Å². The van der Waals surface area contributed by atoms with E-state index < -0.39 is 0 Å². The van der Waals surface area contributed by atoms with Crippen molar-refractivity contribution in [2.75, 3.05) is 24.3 Å². The van der Waals surface area contributed by atoms with Crippen molar-refractivity contribution in [3.63, 3.8) is 0 Å². The lowest BCUT2D eigenvalue weighted by molar-refractivity contribution is 0.102. The van der Waals surface area contributed by atoms with Crippen LogP contribution in [0.2, 0.25) is 0 Å². The molecule has 0 aliphatic carbocycles. The number of amides is 1. The zero-order valence-electron chi connectivity index (χ0n) is 17.9. The van der Waals surface area contributed by atoms with Crippen LogP contribution in [0.25, 0.3) is 16.9 Å². The van der Waals surface area contributed by atoms with E-state index in [-0.39, 0.29) is 11.5 Å². The molecule has 2 aliphatic rings. The Morgan fingerprint density at radius 3 is 2.39 bits per heavy atom. The Hall–Kier alpha value is -3.87. The summed E-state index contributed by atoms with van der Waals surface area (Å²) in [7, 11) is 3.93. The summed E-state index contributed by atoms with van der Waals surface area (Å²) in [5, 5.41) is 7.44. The van der Waals surface area contributed by atoms with E-state index in [1.165, 1.54) is 4.68 Å². The standard InChI is InChI=1S/C24H25N5O2/c1-4-14-28-15-20(23(30)25-17-10-12-18(13-11-17)27(2)3)22-21(16-28)24(31)29(26-22)19-8-6-5-7-9-19/h5-13,15-16H,4,14H2,1-3H3,(H,25,30). The molecule has 2 aliphatic heterocycles. The number of hydrogen-bond donors (Lipinski definition) is 1. The maximum Gasteiger partial charge on any atom is 0.282 e. The minimum Gasteiger partial charge on any atom is -0.378 e. The molecule has 0 saturated carbocycles. The first-order valence-electron chi connectivity index (χ1n) is 10.2. The molecule has 7 nitrogen and oxygen atoms in total. The van der Waals surface area contributed by atoms with E-state index in [2.05, 4.69) is 17.3 Å². The quantitative estimate of drug-likeness (QED) is 0.519. The van der Waals surface area contributed by atoms with Crippen LogP contribution in [0.4, 0.5) is 11.4 Å². The number of fused-ring (bicyclic) bond motifs is 1. The van der Waals surface area contributed by atoms with Crippen molar-refractivity contribution in [2.24, 2.45) is 0 Å². The van der Waals surface area contributed by atoms with E-state index in [1.807, 2.05) is 78.2 Å². The molecule has 0 unspecified atom stereocenters. The lowest BCUT2D eigenvalue weighted by atomic mass is 10.1. The maximum atomic E-state index is 13.2. The van der Waals surface area contributed by atoms with Gasteiger partial charge in [0.25, 0.3) is 11.5 Å². The smallest absolute Gasteiger partial charge is 0.282 e. The number of rotatable bonds is 6. The van der Waals surface area contributed by atoms with Crippen LogP contribution in [0, 0.1) is 0 Å². The first-order chi connectivity index (χ1) is 15.0. The van der Waals surface area contributed by atoms with Crippen LogP contribution in [0.1, 0.15) is 23.7 Å². The summed E-state index contributed by atoms with van der Waals surface area (Å²) in [6.45, 7) is 2.75. The Bertz CT molecular complexity index is 1220. The Morgan fingerprint density at radius 2 is 1.74 bits per heavy atom. The number of anilines is 2. The van der Waals surface area contributed by atoms with Crippen molar-refractivity contribution < 1.29 is 4.79 Å². The second kappa shape index (κ2) is 8.47. The molecule has 0 spiro atoms. The highest BCUT2D eigenvalue weighted by molar-refractivity contribution is 6.08. The van der Waals surface area contributed by atoms with Gasteiger partial charge in [0.1, 0.15) is 5.69 Å². The molecule has 1 amide bonds. The molecule has 0 radical (unpaired) electrons. The number of hydrogen-bond acceptors (Lipinski definition) is 4. The summed E-state index contributed by atoms with van der Waals surface area (Å²) in [4.78, 5) is 28.2. The van der Waals surface area contributed by atoms with Gasteiger partial charge in [-0.25, -0.2) is 0 Å². The molecule has 7 heteroatoms. The monoisotopic (exact) mass is 415 g/mol. The SMILES string of the molecule is CCCn1cc(C(=O)Nc2ccc(N(C)C)cc2)c2nn(-c3ccccc3)c(=O)c-2c1. The van der Waals surface area contributed by atoms with Crippen LogP contribution in [0.3, 0.4) is 0 Å². The summed E-state index contributed by atoms with van der Waals surface area (Å²) >= 11 is 0. The third-order valence-electron chi connectivity index (χ3n) is 5.09. The van der Waals surface area contributed by atoms with Gasteiger partial charge in [-0.1, -0.05) is 25.1 Å². The first-order valence-corrected chi connectivity index (χ1v) is 10.2. The van der Waals surface area contributed by atoms with E-state index in [0.717, 1.165) is 12.1 Å². The van der Waals surface area contributed by atoms with Gasteiger partial charge in [0.15, 0.2) is 0 Å². The molecule has 2 aromatic rings. The molecular weight excluding hydrogens is 390 g/mol. The molecule has 1 N–H and O–H groups in total. The summed E-state index contributed by atoms with van der Waals surface area (Å²) in [5.41, 5.74) is 3.33. The van der Waals surface area contributed by atoms with E-state index in [9.17, 15) is 9.59 Å². The number of benzene rings is 2. The maximum absolute atomic E-state index is 13.2. The molecular formula is C24H25N5O2. The highest BCUT2D eigenvalue weighted by Gasteiger charge is 2.24. The average Bonchev–Trinajstić information content (AvgIpc) is 3.11. The van der Waals surface area contributed by atoms with Gasteiger partial charge in [0.2, 0.25) is 0 Å². The third-order valence-corrected chi connectivity index (χ3v) is 5.09.